The van der Waals surface area contributed by atoms with Crippen LogP contribution >= 0.6 is 0 Å². The highest BCUT2D eigenvalue weighted by molar-refractivity contribution is 5.72. The summed E-state index contributed by atoms with van der Waals surface area (Å²) in [6, 6.07) is 10.3. The Kier molecular flexibility index (Phi) is 4.73. The molecule has 0 amide bonds. The summed E-state index contributed by atoms with van der Waals surface area (Å²) in [6.45, 7) is 6.37. The van der Waals surface area contributed by atoms with E-state index in [1.54, 1.807) is 0 Å². The van der Waals surface area contributed by atoms with Gasteiger partial charge in [-0.1, -0.05) is 6.07 Å². The molecule has 1 aliphatic heterocycles. The summed E-state index contributed by atoms with van der Waals surface area (Å²) in [5.74, 6) is 2.99. The van der Waals surface area contributed by atoms with E-state index in [1.165, 1.54) is 36.0 Å². The van der Waals surface area contributed by atoms with Crippen molar-refractivity contribution in [2.24, 2.45) is 0 Å². The van der Waals surface area contributed by atoms with Gasteiger partial charge in [-0.3, -0.25) is 4.90 Å². The number of nitrogens with two attached hydrogens (primary N) is 1. The molecule has 5 nitrogen and oxygen atoms in total. The molecule has 2 aliphatic carbocycles. The van der Waals surface area contributed by atoms with Crippen molar-refractivity contribution in [2.75, 3.05) is 52.1 Å². The van der Waals surface area contributed by atoms with E-state index in [9.17, 15) is 0 Å². The smallest absolute Gasteiger partial charge is 0.124 e. The fourth-order valence-electron chi connectivity index (χ4n) is 5.29. The van der Waals surface area contributed by atoms with E-state index in [2.05, 4.69) is 40.0 Å². The van der Waals surface area contributed by atoms with E-state index in [4.69, 9.17) is 10.5 Å². The number of hydrogen-bond acceptors (Lipinski definition) is 5. The molecule has 3 aliphatic rings. The predicted molar refractivity (Wildman–Crippen MR) is 113 cm³/mol. The number of hydrogen-bond donors (Lipinski definition) is 1. The number of nitrogens with zero attached hydrogens (tertiary/aromatic N) is 3. The molecule has 1 saturated heterocycles. The number of anilines is 1. The van der Waals surface area contributed by atoms with Crippen molar-refractivity contribution in [2.45, 2.75) is 31.1 Å². The van der Waals surface area contributed by atoms with Crippen molar-refractivity contribution >= 4 is 5.82 Å². The second kappa shape index (κ2) is 7.37. The fourth-order valence-corrected chi connectivity index (χ4v) is 5.29. The average molecular weight is 379 g/mol. The molecule has 2 bridgehead atoms. The van der Waals surface area contributed by atoms with Gasteiger partial charge in [0.25, 0.3) is 0 Å². The van der Waals surface area contributed by atoms with E-state index in [1.807, 2.05) is 12.1 Å². The van der Waals surface area contributed by atoms with Crippen LogP contribution in [0.1, 0.15) is 42.2 Å². The molecule has 2 heterocycles. The Bertz CT molecular complexity index is 860. The molecule has 2 atom stereocenters. The highest BCUT2D eigenvalue weighted by Crippen LogP contribution is 2.58. The Balaban J connectivity index is 1.37. The lowest BCUT2D eigenvalue weighted by molar-refractivity contribution is 0.133. The molecule has 28 heavy (non-hydrogen) atoms. The minimum atomic E-state index is 0.585. The van der Waals surface area contributed by atoms with Crippen molar-refractivity contribution in [3.05, 3.63) is 41.5 Å². The first-order chi connectivity index (χ1) is 13.7. The molecular weight excluding hydrogens is 348 g/mol. The number of pyridine rings is 1. The number of likely N-dealkylation sites (N-methyl/N-ethyl adjacent to an activating group) is 1. The lowest BCUT2D eigenvalue weighted by Crippen LogP contribution is -2.45. The van der Waals surface area contributed by atoms with E-state index in [0.717, 1.165) is 50.8 Å². The maximum Gasteiger partial charge on any atom is 0.124 e. The maximum atomic E-state index is 6.35. The maximum absolute atomic E-state index is 6.35. The van der Waals surface area contributed by atoms with Gasteiger partial charge in [-0.25, -0.2) is 4.98 Å². The van der Waals surface area contributed by atoms with Gasteiger partial charge < -0.3 is 15.4 Å². The molecule has 1 aromatic heterocycles. The minimum Gasteiger partial charge on any atom is -0.492 e. The predicted octanol–water partition coefficient (Wildman–Crippen LogP) is 3.32. The summed E-state index contributed by atoms with van der Waals surface area (Å²) in [7, 11) is 2.20. The number of nitrogen functional groups attached to an aromatic ring is 1. The van der Waals surface area contributed by atoms with Gasteiger partial charge in [0.05, 0.1) is 5.69 Å². The van der Waals surface area contributed by atoms with Gasteiger partial charge in [0.15, 0.2) is 0 Å². The zero-order valence-corrected chi connectivity index (χ0v) is 16.7. The highest BCUT2D eigenvalue weighted by Gasteiger charge is 2.41. The van der Waals surface area contributed by atoms with Crippen molar-refractivity contribution in [1.29, 1.82) is 0 Å². The molecule has 1 aromatic carbocycles. The number of benzene rings is 1. The molecule has 2 N–H and O–H groups in total. The Morgan fingerprint density at radius 3 is 2.61 bits per heavy atom. The summed E-state index contributed by atoms with van der Waals surface area (Å²) in [5.41, 5.74) is 11.1. The Morgan fingerprint density at radius 2 is 1.82 bits per heavy atom. The average Bonchev–Trinajstić information content (AvgIpc) is 3.32. The molecule has 5 rings (SSSR count). The first kappa shape index (κ1) is 18.0. The van der Waals surface area contributed by atoms with Crippen LogP contribution in [0.25, 0.3) is 11.3 Å². The van der Waals surface area contributed by atoms with Crippen molar-refractivity contribution in [3.8, 4) is 17.0 Å². The Hall–Kier alpha value is -2.11. The van der Waals surface area contributed by atoms with Gasteiger partial charge in [-0.05, 0) is 68.0 Å². The van der Waals surface area contributed by atoms with Crippen molar-refractivity contribution < 1.29 is 4.74 Å². The molecule has 2 aromatic rings. The Morgan fingerprint density at radius 1 is 1.04 bits per heavy atom. The van der Waals surface area contributed by atoms with Crippen LogP contribution in [0.15, 0.2) is 30.3 Å². The zero-order chi connectivity index (χ0) is 19.1. The monoisotopic (exact) mass is 378 g/mol. The highest BCUT2D eigenvalue weighted by atomic mass is 16.5. The van der Waals surface area contributed by atoms with E-state index < -0.39 is 0 Å². The summed E-state index contributed by atoms with van der Waals surface area (Å²) in [4.78, 5) is 9.49. The summed E-state index contributed by atoms with van der Waals surface area (Å²) in [5, 5.41) is 0. The van der Waals surface area contributed by atoms with Gasteiger partial charge in [-0.2, -0.15) is 0 Å². The number of piperazine rings is 1. The number of fused-ring (bicyclic) bond motifs is 5. The second-order valence-electron chi connectivity index (χ2n) is 8.59. The second-order valence-corrected chi connectivity index (χ2v) is 8.59. The summed E-state index contributed by atoms with van der Waals surface area (Å²) in [6.07, 6.45) is 3.85. The first-order valence-corrected chi connectivity index (χ1v) is 10.6. The molecule has 148 valence electrons. The van der Waals surface area contributed by atoms with Crippen LogP contribution in [0.3, 0.4) is 0 Å². The largest absolute Gasteiger partial charge is 0.492 e. The van der Waals surface area contributed by atoms with Crippen LogP contribution in [-0.4, -0.2) is 61.2 Å². The van der Waals surface area contributed by atoms with Gasteiger partial charge >= 0.3 is 0 Å². The lowest BCUT2D eigenvalue weighted by Gasteiger charge is -2.32. The zero-order valence-electron chi connectivity index (χ0n) is 16.7. The number of ether oxygens (including phenoxy) is 1. The minimum absolute atomic E-state index is 0.585. The van der Waals surface area contributed by atoms with Gasteiger partial charge in [0.2, 0.25) is 0 Å². The molecule has 2 fully saturated rings. The SMILES string of the molecule is CN1CCN(CCOc2ccc(-c3cccc(N)n3)c3c2C2CCC3C2)CC1. The Labute approximate surface area is 167 Å². The molecular formula is C23H30N4O. The topological polar surface area (TPSA) is 54.6 Å². The molecule has 1 saturated carbocycles. The van der Waals surface area contributed by atoms with Crippen molar-refractivity contribution in [3.63, 3.8) is 0 Å². The normalized spacial score (nSPS) is 24.5. The van der Waals surface area contributed by atoms with Crippen LogP contribution in [0, 0.1) is 0 Å². The van der Waals surface area contributed by atoms with Crippen LogP contribution in [0.2, 0.25) is 0 Å². The van der Waals surface area contributed by atoms with Crippen LogP contribution in [0.4, 0.5) is 5.82 Å². The molecule has 0 spiro atoms. The van der Waals surface area contributed by atoms with E-state index in [-0.39, 0.29) is 0 Å². The summed E-state index contributed by atoms with van der Waals surface area (Å²) < 4.78 is 6.35. The standard InChI is InChI=1S/C23H30N4O/c1-26-9-11-27(12-10-26)13-14-28-20-8-7-18(19-3-2-4-21(24)25-19)22-16-5-6-17(15-16)23(20)22/h2-4,7-8,16-17H,5-6,9-15H2,1H3,(H2,24,25). The van der Waals surface area contributed by atoms with Crippen LogP contribution in [0.5, 0.6) is 5.75 Å². The van der Waals surface area contributed by atoms with Crippen LogP contribution in [-0.2, 0) is 0 Å². The van der Waals surface area contributed by atoms with E-state index >= 15 is 0 Å². The third-order valence-electron chi connectivity index (χ3n) is 6.80. The quantitative estimate of drug-likeness (QED) is 0.865. The van der Waals surface area contributed by atoms with Gasteiger partial charge in [0, 0.05) is 43.9 Å². The molecule has 2 unspecified atom stereocenters. The molecule has 5 heteroatoms. The number of rotatable bonds is 5. The molecule has 0 radical (unpaired) electrons. The fraction of sp³-hybridized carbons (Fsp3) is 0.522. The summed E-state index contributed by atoms with van der Waals surface area (Å²) >= 11 is 0. The van der Waals surface area contributed by atoms with Crippen LogP contribution < -0.4 is 10.5 Å². The van der Waals surface area contributed by atoms with E-state index in [0.29, 0.717) is 17.7 Å². The number of aromatic nitrogens is 1. The first-order valence-electron chi connectivity index (χ1n) is 10.6. The lowest BCUT2D eigenvalue weighted by atomic mass is 9.86. The third kappa shape index (κ3) is 3.27. The van der Waals surface area contributed by atoms with Crippen molar-refractivity contribution in [1.82, 2.24) is 14.8 Å². The van der Waals surface area contributed by atoms with Gasteiger partial charge in [-0.15, -0.1) is 0 Å². The third-order valence-corrected chi connectivity index (χ3v) is 6.80. The van der Waals surface area contributed by atoms with Gasteiger partial charge in [0.1, 0.15) is 18.2 Å².